The molecule has 0 saturated carbocycles. The van der Waals surface area contributed by atoms with Crippen LogP contribution < -0.4 is 10.5 Å². The van der Waals surface area contributed by atoms with E-state index < -0.39 is 0 Å². The third-order valence-electron chi connectivity index (χ3n) is 5.51. The Morgan fingerprint density at radius 3 is 2.80 bits per heavy atom. The van der Waals surface area contributed by atoms with Crippen LogP contribution >= 0.6 is 35.1 Å². The number of benzene rings is 2. The summed E-state index contributed by atoms with van der Waals surface area (Å²) in [5.41, 5.74) is 9.32. The normalized spacial score (nSPS) is 16.8. The predicted octanol–water partition coefficient (Wildman–Crippen LogP) is 4.84. The van der Waals surface area contributed by atoms with Gasteiger partial charge in [0.05, 0.1) is 0 Å². The van der Waals surface area contributed by atoms with Crippen LogP contribution in [0.5, 0.6) is 0 Å². The SMILES string of the molecule is CN(CCCN)CCCNSc1cccc(C2CN(C)Cc3c(Cl)cc(Cl)cc32)c1. The Balaban J connectivity index is 1.61. The average molecular weight is 468 g/mol. The van der Waals surface area contributed by atoms with Gasteiger partial charge < -0.3 is 15.5 Å². The van der Waals surface area contributed by atoms with Gasteiger partial charge in [-0.25, -0.2) is 0 Å². The maximum Gasteiger partial charge on any atom is 0.0468 e. The van der Waals surface area contributed by atoms with E-state index in [0.717, 1.165) is 57.1 Å². The standard InChI is InChI=1S/C23H32Cl2N4S/c1-28(10-4-8-26)11-5-9-27-30-19-7-3-6-17(12-19)21-15-29(2)16-22-20(21)13-18(24)14-23(22)25/h3,6-7,12-14,21,27H,4-5,8-11,15-16,26H2,1-2H3. The van der Waals surface area contributed by atoms with Gasteiger partial charge in [0, 0.05) is 40.5 Å². The number of halogens is 2. The Kier molecular flexibility index (Phi) is 9.33. The average Bonchev–Trinajstić information content (AvgIpc) is 2.72. The molecule has 0 amide bonds. The Hall–Kier alpha value is -0.790. The van der Waals surface area contributed by atoms with Crippen molar-refractivity contribution in [3.63, 3.8) is 0 Å². The monoisotopic (exact) mass is 466 g/mol. The van der Waals surface area contributed by atoms with Gasteiger partial charge in [-0.2, -0.15) is 0 Å². The fraction of sp³-hybridized carbons (Fsp3) is 0.478. The van der Waals surface area contributed by atoms with Gasteiger partial charge in [0.25, 0.3) is 0 Å². The van der Waals surface area contributed by atoms with Gasteiger partial charge in [-0.05, 0) is 99.5 Å². The van der Waals surface area contributed by atoms with Crippen LogP contribution in [0.1, 0.15) is 35.4 Å². The minimum Gasteiger partial charge on any atom is -0.330 e. The highest BCUT2D eigenvalue weighted by Crippen LogP contribution is 2.39. The first-order valence-electron chi connectivity index (χ1n) is 10.5. The molecular formula is C23H32Cl2N4S. The van der Waals surface area contributed by atoms with Crippen molar-refractivity contribution in [2.24, 2.45) is 5.73 Å². The maximum absolute atomic E-state index is 6.51. The van der Waals surface area contributed by atoms with E-state index in [1.54, 1.807) is 11.9 Å². The second-order valence-electron chi connectivity index (χ2n) is 8.07. The minimum atomic E-state index is 0.270. The topological polar surface area (TPSA) is 44.5 Å². The summed E-state index contributed by atoms with van der Waals surface area (Å²) in [5, 5.41) is 1.47. The fourth-order valence-electron chi connectivity index (χ4n) is 3.95. The van der Waals surface area contributed by atoms with E-state index in [9.17, 15) is 0 Å². The molecule has 0 aliphatic carbocycles. The second kappa shape index (κ2) is 11.7. The first-order valence-corrected chi connectivity index (χ1v) is 12.1. The molecule has 2 aromatic rings. The fourth-order valence-corrected chi connectivity index (χ4v) is 5.28. The van der Waals surface area contributed by atoms with E-state index in [2.05, 4.69) is 58.9 Å². The molecular weight excluding hydrogens is 435 g/mol. The van der Waals surface area contributed by atoms with Crippen LogP contribution in [0.4, 0.5) is 0 Å². The summed E-state index contributed by atoms with van der Waals surface area (Å²) in [6.07, 6.45) is 2.17. The number of nitrogens with two attached hydrogens (primary N) is 1. The van der Waals surface area contributed by atoms with E-state index in [1.165, 1.54) is 21.6 Å². The van der Waals surface area contributed by atoms with Crippen LogP contribution in [0.15, 0.2) is 41.3 Å². The summed E-state index contributed by atoms with van der Waals surface area (Å²) in [5.74, 6) is 0.270. The first kappa shape index (κ1) is 23.9. The number of hydrogen-bond acceptors (Lipinski definition) is 5. The zero-order valence-corrected chi connectivity index (χ0v) is 20.2. The van der Waals surface area contributed by atoms with Gasteiger partial charge in [0.2, 0.25) is 0 Å². The third-order valence-corrected chi connectivity index (χ3v) is 6.90. The minimum absolute atomic E-state index is 0.270. The van der Waals surface area contributed by atoms with E-state index in [-0.39, 0.29) is 5.92 Å². The summed E-state index contributed by atoms with van der Waals surface area (Å²) in [4.78, 5) is 5.89. The predicted molar refractivity (Wildman–Crippen MR) is 131 cm³/mol. The molecule has 0 spiro atoms. The zero-order chi connectivity index (χ0) is 21.5. The molecule has 1 aliphatic rings. The quantitative estimate of drug-likeness (QED) is 0.387. The molecule has 1 heterocycles. The van der Waals surface area contributed by atoms with Crippen LogP contribution in [0.3, 0.4) is 0 Å². The van der Waals surface area contributed by atoms with Crippen molar-refractivity contribution in [2.45, 2.75) is 30.2 Å². The highest BCUT2D eigenvalue weighted by Gasteiger charge is 2.27. The lowest BCUT2D eigenvalue weighted by Gasteiger charge is -2.33. The number of nitrogens with zero attached hydrogens (tertiary/aromatic N) is 2. The summed E-state index contributed by atoms with van der Waals surface area (Å²) < 4.78 is 3.50. The number of fused-ring (bicyclic) bond motifs is 1. The van der Waals surface area contributed by atoms with Crippen LogP contribution in [0.2, 0.25) is 10.0 Å². The van der Waals surface area contributed by atoms with E-state index in [1.807, 2.05) is 6.07 Å². The molecule has 30 heavy (non-hydrogen) atoms. The number of hydrogen-bond donors (Lipinski definition) is 2. The van der Waals surface area contributed by atoms with Gasteiger partial charge in [-0.1, -0.05) is 35.3 Å². The van der Waals surface area contributed by atoms with Crippen molar-refractivity contribution < 1.29 is 0 Å². The summed E-state index contributed by atoms with van der Waals surface area (Å²) in [7, 11) is 4.30. The first-order chi connectivity index (χ1) is 14.5. The molecule has 2 aromatic carbocycles. The molecule has 0 fully saturated rings. The molecule has 1 unspecified atom stereocenters. The van der Waals surface area contributed by atoms with Crippen LogP contribution in [-0.2, 0) is 6.54 Å². The highest BCUT2D eigenvalue weighted by molar-refractivity contribution is 7.97. The van der Waals surface area contributed by atoms with Crippen molar-refractivity contribution >= 4 is 35.1 Å². The van der Waals surface area contributed by atoms with Crippen molar-refractivity contribution in [3.05, 3.63) is 63.1 Å². The molecule has 164 valence electrons. The van der Waals surface area contributed by atoms with E-state index >= 15 is 0 Å². The highest BCUT2D eigenvalue weighted by atomic mass is 35.5. The molecule has 7 heteroatoms. The Morgan fingerprint density at radius 2 is 2.00 bits per heavy atom. The molecule has 3 N–H and O–H groups in total. The summed E-state index contributed by atoms with van der Waals surface area (Å²) >= 11 is 14.5. The molecule has 1 aliphatic heterocycles. The summed E-state index contributed by atoms with van der Waals surface area (Å²) in [6.45, 7) is 5.70. The summed E-state index contributed by atoms with van der Waals surface area (Å²) in [6, 6.07) is 12.7. The van der Waals surface area contributed by atoms with Gasteiger partial charge in [0.15, 0.2) is 0 Å². The van der Waals surface area contributed by atoms with Crippen LogP contribution in [-0.4, -0.2) is 56.6 Å². The lowest BCUT2D eigenvalue weighted by molar-refractivity contribution is 0.295. The third kappa shape index (κ3) is 6.60. The molecule has 0 bridgehead atoms. The van der Waals surface area contributed by atoms with E-state index in [0.29, 0.717) is 5.02 Å². The van der Waals surface area contributed by atoms with Gasteiger partial charge in [-0.15, -0.1) is 0 Å². The van der Waals surface area contributed by atoms with Crippen LogP contribution in [0, 0.1) is 0 Å². The van der Waals surface area contributed by atoms with Crippen molar-refractivity contribution in [2.75, 3.05) is 46.8 Å². The van der Waals surface area contributed by atoms with Crippen molar-refractivity contribution in [1.82, 2.24) is 14.5 Å². The maximum atomic E-state index is 6.51. The number of nitrogens with one attached hydrogen (secondary N) is 1. The Bertz CT molecular complexity index is 833. The second-order valence-corrected chi connectivity index (χ2v) is 9.88. The van der Waals surface area contributed by atoms with Gasteiger partial charge in [-0.3, -0.25) is 4.72 Å². The molecule has 4 nitrogen and oxygen atoms in total. The van der Waals surface area contributed by atoms with Crippen molar-refractivity contribution in [1.29, 1.82) is 0 Å². The Labute approximate surface area is 195 Å². The zero-order valence-electron chi connectivity index (χ0n) is 17.8. The molecule has 0 radical (unpaired) electrons. The number of likely N-dealkylation sites (N-methyl/N-ethyl adjacent to an activating group) is 1. The molecule has 3 rings (SSSR count). The number of rotatable bonds is 10. The van der Waals surface area contributed by atoms with Gasteiger partial charge in [0.1, 0.15) is 0 Å². The lowest BCUT2D eigenvalue weighted by atomic mass is 9.85. The van der Waals surface area contributed by atoms with Gasteiger partial charge >= 0.3 is 0 Å². The smallest absolute Gasteiger partial charge is 0.0468 e. The molecule has 0 aromatic heterocycles. The lowest BCUT2D eigenvalue weighted by Crippen LogP contribution is -2.31. The van der Waals surface area contributed by atoms with Crippen molar-refractivity contribution in [3.8, 4) is 0 Å². The van der Waals surface area contributed by atoms with E-state index in [4.69, 9.17) is 28.9 Å². The van der Waals surface area contributed by atoms with Crippen LogP contribution in [0.25, 0.3) is 0 Å². The molecule has 0 saturated heterocycles. The Morgan fingerprint density at radius 1 is 1.20 bits per heavy atom. The largest absolute Gasteiger partial charge is 0.330 e. The molecule has 1 atom stereocenters.